The Labute approximate surface area is 753 Å². The number of likely N-dealkylation sites (tertiary alicyclic amines) is 4. The highest BCUT2D eigenvalue weighted by molar-refractivity contribution is 7.99. The molecule has 12 aromatic rings. The van der Waals surface area contributed by atoms with Crippen LogP contribution in [-0.4, -0.2) is 165 Å². The molecule has 16 nitrogen and oxygen atoms in total. The molecule has 0 bridgehead atoms. The minimum Gasteiger partial charge on any atom is -0.508 e. The van der Waals surface area contributed by atoms with Crippen molar-refractivity contribution >= 4 is 39.4 Å². The molecule has 0 amide bonds. The minimum absolute atomic E-state index is 0.0731. The maximum absolute atomic E-state index is 12.6. The molecule has 2 atom stereocenters. The molecule has 19 rings (SSSR count). The number of phenolic OH excluding ortho intramolecular Hbond substituents is 5. The van der Waals surface area contributed by atoms with Crippen LogP contribution >= 0.6 is 11.8 Å². The number of aromatic nitrogens is 3. The number of ether oxygens (including phenoxy) is 4. The lowest BCUT2D eigenvalue weighted by Crippen LogP contribution is -2.48. The molecule has 5 N–H and O–H groups in total. The number of rotatable bonds is 28. The number of phenols is 5. The summed E-state index contributed by atoms with van der Waals surface area (Å²) in [5, 5.41) is 55.4. The van der Waals surface area contributed by atoms with Gasteiger partial charge in [-0.1, -0.05) is 179 Å². The van der Waals surface area contributed by atoms with E-state index < -0.39 is 0 Å². The van der Waals surface area contributed by atoms with Crippen LogP contribution in [0.4, 0.5) is 4.39 Å². The van der Waals surface area contributed by atoms with Gasteiger partial charge < -0.3 is 53.9 Å². The van der Waals surface area contributed by atoms with Gasteiger partial charge in [0.15, 0.2) is 0 Å². The highest BCUT2D eigenvalue weighted by Crippen LogP contribution is 2.55. The van der Waals surface area contributed by atoms with Gasteiger partial charge in [-0.15, -0.1) is 11.8 Å². The molecule has 0 spiro atoms. The number of aromatic hydroxyl groups is 5. The van der Waals surface area contributed by atoms with Gasteiger partial charge in [0.25, 0.3) is 0 Å². The molecule has 2 aliphatic carbocycles. The molecule has 2 unspecified atom stereocenters. The van der Waals surface area contributed by atoms with Crippen LogP contribution in [0.2, 0.25) is 0 Å². The summed E-state index contributed by atoms with van der Waals surface area (Å²) in [6.45, 7) is 27.3. The SMILES string of the molecule is CCC1CN(CCOc2ccc(C(=C3CCCCC3)c3ccc(O)cc3)cc2)C1.CCC1CN(CCOc2ccc(C3=C(c4ccccc4)CCCc4cc(O)ccc43)cc2)C1.CCC1CN(CCOc2ccc(C3Oc4ccc(O)cc4SC3c3cccc(O)c3)cc2)C1.Cc1ccc(-c2c(C)c3cc(O)ccc3n2Cc2cnn(CCN3CC(CF)C3)c2)cc1. The van der Waals surface area contributed by atoms with Gasteiger partial charge in [-0.05, 0) is 258 Å². The van der Waals surface area contributed by atoms with Crippen LogP contribution in [-0.2, 0) is 19.5 Å². The monoisotopic (exact) mass is 1730 g/mol. The first-order chi connectivity index (χ1) is 62.0. The van der Waals surface area contributed by atoms with E-state index in [9.17, 15) is 29.9 Å². The zero-order chi connectivity index (χ0) is 87.7. The molecular formula is C109H124FN7O9S. The van der Waals surface area contributed by atoms with Crippen molar-refractivity contribution in [2.24, 2.45) is 23.7 Å². The number of hydrogen-bond donors (Lipinski definition) is 5. The smallest absolute Gasteiger partial charge is 0.140 e. The van der Waals surface area contributed by atoms with Crippen molar-refractivity contribution in [3.8, 4) is 63.0 Å². The number of fused-ring (bicyclic) bond motifs is 3. The van der Waals surface area contributed by atoms with Gasteiger partial charge in [0, 0.05) is 107 Å². The van der Waals surface area contributed by atoms with Gasteiger partial charge in [-0.25, -0.2) is 0 Å². The lowest BCUT2D eigenvalue weighted by molar-refractivity contribution is 0.0765. The first-order valence-electron chi connectivity index (χ1n) is 46.2. The molecule has 1 saturated carbocycles. The molecule has 18 heteroatoms. The Balaban J connectivity index is 0.000000125. The van der Waals surface area contributed by atoms with E-state index in [1.165, 1.54) is 146 Å². The first kappa shape index (κ1) is 89.2. The topological polar surface area (TPSA) is 174 Å². The fourth-order valence-corrected chi connectivity index (χ4v) is 20.2. The zero-order valence-corrected chi connectivity index (χ0v) is 75.2. The molecular weight excluding hydrogens is 1600 g/mol. The Hall–Kier alpha value is -11.3. The number of alkyl halides is 1. The maximum atomic E-state index is 12.6. The lowest BCUT2D eigenvalue weighted by Gasteiger charge is -2.38. The molecule has 662 valence electrons. The van der Waals surface area contributed by atoms with Crippen molar-refractivity contribution in [3.05, 3.63) is 310 Å². The van der Waals surface area contributed by atoms with E-state index in [0.717, 1.165) is 168 Å². The molecule has 4 saturated heterocycles. The number of hydrogen-bond acceptors (Lipinski definition) is 15. The summed E-state index contributed by atoms with van der Waals surface area (Å²) in [5.41, 5.74) is 21.8. The molecule has 2 aromatic heterocycles. The second kappa shape index (κ2) is 42.6. The van der Waals surface area contributed by atoms with Crippen molar-refractivity contribution < 1.29 is 48.9 Å². The molecule has 127 heavy (non-hydrogen) atoms. The summed E-state index contributed by atoms with van der Waals surface area (Å²) in [5.74, 6) is 7.68. The van der Waals surface area contributed by atoms with Crippen LogP contribution in [0.3, 0.4) is 0 Å². The third-order valence-electron chi connectivity index (χ3n) is 26.4. The molecule has 5 fully saturated rings. The van der Waals surface area contributed by atoms with Crippen molar-refractivity contribution in [1.82, 2.24) is 33.9 Å². The molecule has 7 aliphatic rings. The van der Waals surface area contributed by atoms with E-state index in [-0.39, 0.29) is 41.2 Å². The second-order valence-electron chi connectivity index (χ2n) is 35.6. The van der Waals surface area contributed by atoms with Crippen molar-refractivity contribution in [2.75, 3.05) is 105 Å². The summed E-state index contributed by atoms with van der Waals surface area (Å²) >= 11 is 1.64. The Bertz CT molecular complexity index is 5650. The average Bonchev–Trinajstić information content (AvgIpc) is 1.59. The van der Waals surface area contributed by atoms with Crippen LogP contribution in [0.15, 0.2) is 253 Å². The Morgan fingerprint density at radius 2 is 1.02 bits per heavy atom. The molecule has 0 radical (unpaired) electrons. The van der Waals surface area contributed by atoms with Crippen molar-refractivity contribution in [3.63, 3.8) is 0 Å². The number of nitrogens with zero attached hydrogens (tertiary/aromatic N) is 7. The number of allylic oxidation sites excluding steroid dienone is 2. The Morgan fingerprint density at radius 1 is 0.472 bits per heavy atom. The average molecular weight is 1730 g/mol. The fraction of sp³-hybridized carbons (Fsp3) is 0.367. The van der Waals surface area contributed by atoms with Crippen LogP contribution in [0.25, 0.3) is 38.9 Å². The highest BCUT2D eigenvalue weighted by atomic mass is 32.2. The summed E-state index contributed by atoms with van der Waals surface area (Å²) in [7, 11) is 0. The number of halogens is 1. The largest absolute Gasteiger partial charge is 0.508 e. The van der Waals surface area contributed by atoms with E-state index in [2.05, 4.69) is 191 Å². The number of benzene rings is 10. The summed E-state index contributed by atoms with van der Waals surface area (Å²) in [4.78, 5) is 10.5. The van der Waals surface area contributed by atoms with Gasteiger partial charge in [0.2, 0.25) is 0 Å². The Kier molecular flexibility index (Phi) is 29.9. The molecule has 5 aliphatic heterocycles. The van der Waals surface area contributed by atoms with Gasteiger partial charge in [-0.2, -0.15) is 5.10 Å². The van der Waals surface area contributed by atoms with Crippen LogP contribution in [0, 0.1) is 37.5 Å². The summed E-state index contributed by atoms with van der Waals surface area (Å²) < 4.78 is 41.4. The van der Waals surface area contributed by atoms with Gasteiger partial charge in [0.1, 0.15) is 77.7 Å². The van der Waals surface area contributed by atoms with E-state index in [1.807, 2.05) is 71.5 Å². The minimum atomic E-state index is -0.241. The fourth-order valence-electron chi connectivity index (χ4n) is 18.9. The lowest BCUT2D eigenvalue weighted by atomic mass is 9.85. The zero-order valence-electron chi connectivity index (χ0n) is 74.3. The second-order valence-corrected chi connectivity index (χ2v) is 36.8. The van der Waals surface area contributed by atoms with E-state index >= 15 is 0 Å². The normalized spacial score (nSPS) is 17.5. The third-order valence-corrected chi connectivity index (χ3v) is 27.8. The van der Waals surface area contributed by atoms with E-state index in [0.29, 0.717) is 24.7 Å². The first-order valence-corrected chi connectivity index (χ1v) is 47.0. The van der Waals surface area contributed by atoms with E-state index in [1.54, 1.807) is 65.9 Å². The van der Waals surface area contributed by atoms with Gasteiger partial charge >= 0.3 is 0 Å². The van der Waals surface area contributed by atoms with Gasteiger partial charge in [0.05, 0.1) is 41.8 Å². The van der Waals surface area contributed by atoms with Crippen molar-refractivity contribution in [2.45, 2.75) is 135 Å². The summed E-state index contributed by atoms with van der Waals surface area (Å²) in [6.07, 6.45) is 16.9. The highest BCUT2D eigenvalue weighted by Gasteiger charge is 2.35. The predicted molar refractivity (Wildman–Crippen MR) is 511 cm³/mol. The van der Waals surface area contributed by atoms with Crippen LogP contribution < -0.4 is 18.9 Å². The maximum Gasteiger partial charge on any atom is 0.140 e. The van der Waals surface area contributed by atoms with Crippen LogP contribution in [0.1, 0.15) is 158 Å². The predicted octanol–water partition coefficient (Wildman–Crippen LogP) is 22.8. The quantitative estimate of drug-likeness (QED) is 0.0313. The standard InChI is InChI=1S/C30H33NO2.C27H29NO4S.C26H29FN4O.C26H33NO2/c1-2-22-20-31(21-22)17-18-33-27-14-11-24(12-15-27)30-28(23-7-4-3-5-8-23)10-6-9-25-19-26(32)13-16-29(25)30;1-2-18-16-28(17-18)12-13-31-23-9-6-19(7-10-23)26-27(20-4-3-5-21(29)14-20)33-25-15-22(30)8-11-24(25)32-26;1-18-3-5-22(6-4-18)26-19(2)24-11-23(32)7-8-25(24)31(26)17-21-13-28-30(16-21)10-9-29-14-20(12-27)15-29;1-2-20-18-27(19-20)16-17-29-25-14-10-23(11-15-25)26(21-6-4-3-5-7-21)22-8-12-24(28)13-9-22/h3-5,7-8,11-16,19,22,32H,2,6,9-10,17-18,20-21H2,1H3;3-11,14-15,18,26-27,29-30H,2,12-13,16-17H2,1H3;3-8,11,13,16,20,32H,9-10,12,14-15,17H2,1-2H3;8-15,20,28H,2-7,16-19H2,1H3. The number of aryl methyl sites for hydroxylation is 3. The van der Waals surface area contributed by atoms with Crippen LogP contribution in [0.5, 0.6) is 51.7 Å². The summed E-state index contributed by atoms with van der Waals surface area (Å²) in [6, 6.07) is 76.1. The molecule has 10 aromatic carbocycles. The van der Waals surface area contributed by atoms with Gasteiger partial charge in [-0.3, -0.25) is 23.8 Å². The van der Waals surface area contributed by atoms with E-state index in [4.69, 9.17) is 18.9 Å². The number of thioether (sulfide) groups is 1. The third kappa shape index (κ3) is 22.7. The Morgan fingerprint density at radius 3 is 1.63 bits per heavy atom. The van der Waals surface area contributed by atoms with Crippen molar-refractivity contribution in [1.29, 1.82) is 0 Å². The molecule has 7 heterocycles.